The first kappa shape index (κ1) is 15.3. The second-order valence-corrected chi connectivity index (χ2v) is 5.27. The molecule has 0 unspecified atom stereocenters. The summed E-state index contributed by atoms with van der Waals surface area (Å²) in [6.45, 7) is 0. The van der Waals surface area contributed by atoms with Gasteiger partial charge >= 0.3 is 6.18 Å². The number of nitrogens with zero attached hydrogens (tertiary/aromatic N) is 3. The number of hydrogen-bond donors (Lipinski definition) is 0. The lowest BCUT2D eigenvalue weighted by Gasteiger charge is -2.07. The van der Waals surface area contributed by atoms with E-state index in [2.05, 4.69) is 15.0 Å². The number of pyridine rings is 1. The van der Waals surface area contributed by atoms with E-state index in [-0.39, 0.29) is 22.7 Å². The standard InChI is InChI=1S/C17H8F3N3O2/c18-17(19,20)16-22-7-11-10-6-13(25-9-4-2-1-3-5-9)21-8-12(10)15(24)14(11)23-16/h1-8H. The Balaban J connectivity index is 1.76. The predicted molar refractivity (Wildman–Crippen MR) is 80.2 cm³/mol. The third-order valence-corrected chi connectivity index (χ3v) is 3.64. The van der Waals surface area contributed by atoms with Crippen LogP contribution in [0.1, 0.15) is 21.9 Å². The molecule has 0 saturated heterocycles. The van der Waals surface area contributed by atoms with Crippen molar-refractivity contribution in [1.82, 2.24) is 15.0 Å². The number of benzene rings is 1. The van der Waals surface area contributed by atoms with Gasteiger partial charge in [0.25, 0.3) is 0 Å². The van der Waals surface area contributed by atoms with Gasteiger partial charge in [-0.3, -0.25) is 4.79 Å². The summed E-state index contributed by atoms with van der Waals surface area (Å²) in [5.74, 6) is -1.20. The fourth-order valence-electron chi connectivity index (χ4n) is 2.52. The number of ketones is 1. The predicted octanol–water partition coefficient (Wildman–Crippen LogP) is 3.89. The van der Waals surface area contributed by atoms with Crippen molar-refractivity contribution in [1.29, 1.82) is 0 Å². The van der Waals surface area contributed by atoms with E-state index in [0.29, 0.717) is 11.3 Å². The summed E-state index contributed by atoms with van der Waals surface area (Å²) in [5.41, 5.74) is 0.517. The lowest BCUT2D eigenvalue weighted by molar-refractivity contribution is -0.145. The van der Waals surface area contributed by atoms with Gasteiger partial charge in [0.05, 0.1) is 5.56 Å². The summed E-state index contributed by atoms with van der Waals surface area (Å²) >= 11 is 0. The molecule has 0 bridgehead atoms. The summed E-state index contributed by atoms with van der Waals surface area (Å²) in [6, 6.07) is 10.3. The highest BCUT2D eigenvalue weighted by atomic mass is 19.4. The Bertz CT molecular complexity index is 988. The minimum absolute atomic E-state index is 0.170. The molecular weight excluding hydrogens is 335 g/mol. The van der Waals surface area contributed by atoms with Gasteiger partial charge < -0.3 is 4.74 Å². The molecule has 3 aromatic rings. The zero-order chi connectivity index (χ0) is 17.6. The summed E-state index contributed by atoms with van der Waals surface area (Å²) < 4.78 is 43.8. The number of alkyl halides is 3. The highest BCUT2D eigenvalue weighted by molar-refractivity contribution is 6.20. The van der Waals surface area contributed by atoms with Crippen LogP contribution in [0.2, 0.25) is 0 Å². The molecule has 0 N–H and O–H groups in total. The van der Waals surface area contributed by atoms with Crippen molar-refractivity contribution in [2.75, 3.05) is 0 Å². The van der Waals surface area contributed by atoms with Crippen LogP contribution in [0.25, 0.3) is 11.1 Å². The maximum absolute atomic E-state index is 12.8. The van der Waals surface area contributed by atoms with Gasteiger partial charge in [0.1, 0.15) is 11.4 Å². The van der Waals surface area contributed by atoms with Crippen molar-refractivity contribution < 1.29 is 22.7 Å². The van der Waals surface area contributed by atoms with E-state index in [1.54, 1.807) is 24.3 Å². The van der Waals surface area contributed by atoms with Crippen LogP contribution in [0.3, 0.4) is 0 Å². The highest BCUT2D eigenvalue weighted by Gasteiger charge is 2.38. The molecule has 5 nitrogen and oxygen atoms in total. The molecule has 0 spiro atoms. The van der Waals surface area contributed by atoms with Crippen molar-refractivity contribution >= 4 is 5.78 Å². The average molecular weight is 343 g/mol. The summed E-state index contributed by atoms with van der Waals surface area (Å²) in [6.07, 6.45) is -2.45. The third kappa shape index (κ3) is 2.61. The van der Waals surface area contributed by atoms with Crippen LogP contribution < -0.4 is 4.74 Å². The lowest BCUT2D eigenvalue weighted by atomic mass is 10.1. The van der Waals surface area contributed by atoms with E-state index in [0.717, 1.165) is 6.20 Å². The Morgan fingerprint density at radius 3 is 2.36 bits per heavy atom. The first-order valence-electron chi connectivity index (χ1n) is 7.16. The number of para-hydroxylation sites is 1. The van der Waals surface area contributed by atoms with E-state index in [9.17, 15) is 18.0 Å². The van der Waals surface area contributed by atoms with Crippen LogP contribution in [0.5, 0.6) is 11.6 Å². The van der Waals surface area contributed by atoms with Crippen molar-refractivity contribution in [2.45, 2.75) is 6.18 Å². The number of hydrogen-bond acceptors (Lipinski definition) is 5. The molecule has 25 heavy (non-hydrogen) atoms. The molecule has 8 heteroatoms. The zero-order valence-corrected chi connectivity index (χ0v) is 12.4. The van der Waals surface area contributed by atoms with Gasteiger partial charge in [-0.05, 0) is 12.1 Å². The van der Waals surface area contributed by atoms with Crippen LogP contribution in [-0.2, 0) is 6.18 Å². The molecule has 1 aliphatic carbocycles. The first-order chi connectivity index (χ1) is 11.9. The van der Waals surface area contributed by atoms with Crippen molar-refractivity contribution in [3.8, 4) is 22.8 Å². The van der Waals surface area contributed by atoms with Crippen LogP contribution in [0.4, 0.5) is 13.2 Å². The zero-order valence-electron chi connectivity index (χ0n) is 12.4. The van der Waals surface area contributed by atoms with Gasteiger partial charge in [-0.25, -0.2) is 15.0 Å². The molecular formula is C17H8F3N3O2. The summed E-state index contributed by atoms with van der Waals surface area (Å²) in [7, 11) is 0. The molecule has 0 amide bonds. The number of rotatable bonds is 2. The fourth-order valence-corrected chi connectivity index (χ4v) is 2.52. The van der Waals surface area contributed by atoms with E-state index in [1.807, 2.05) is 6.07 Å². The Kier molecular flexibility index (Phi) is 3.28. The first-order valence-corrected chi connectivity index (χ1v) is 7.16. The molecule has 2 aromatic heterocycles. The molecule has 4 rings (SSSR count). The normalized spacial score (nSPS) is 12.7. The Morgan fingerprint density at radius 2 is 1.64 bits per heavy atom. The van der Waals surface area contributed by atoms with Gasteiger partial charge in [0, 0.05) is 29.6 Å². The minimum Gasteiger partial charge on any atom is -0.439 e. The molecule has 0 atom stereocenters. The second-order valence-electron chi connectivity index (χ2n) is 5.27. The average Bonchev–Trinajstić information content (AvgIpc) is 2.87. The molecule has 0 aliphatic heterocycles. The quantitative estimate of drug-likeness (QED) is 0.552. The molecule has 1 aliphatic rings. The molecule has 1 aromatic carbocycles. The smallest absolute Gasteiger partial charge is 0.439 e. The fraction of sp³-hybridized carbons (Fsp3) is 0.0588. The van der Waals surface area contributed by atoms with E-state index in [4.69, 9.17) is 4.74 Å². The third-order valence-electron chi connectivity index (χ3n) is 3.64. The largest absolute Gasteiger partial charge is 0.451 e. The van der Waals surface area contributed by atoms with E-state index < -0.39 is 17.8 Å². The molecule has 0 saturated carbocycles. The Morgan fingerprint density at radius 1 is 0.920 bits per heavy atom. The van der Waals surface area contributed by atoms with Crippen molar-refractivity contribution in [3.05, 3.63) is 65.9 Å². The van der Waals surface area contributed by atoms with Gasteiger partial charge in [0.15, 0.2) is 0 Å². The highest BCUT2D eigenvalue weighted by Crippen LogP contribution is 2.38. The number of ether oxygens (including phenoxy) is 1. The molecule has 0 radical (unpaired) electrons. The molecule has 124 valence electrons. The van der Waals surface area contributed by atoms with Gasteiger partial charge in [0.2, 0.25) is 17.5 Å². The summed E-state index contributed by atoms with van der Waals surface area (Å²) in [4.78, 5) is 23.0. The number of carbonyl (C=O) groups excluding carboxylic acids is 1. The van der Waals surface area contributed by atoms with Crippen LogP contribution in [-0.4, -0.2) is 20.7 Å². The van der Waals surface area contributed by atoms with Crippen LogP contribution in [0.15, 0.2) is 48.8 Å². The van der Waals surface area contributed by atoms with Gasteiger partial charge in [-0.15, -0.1) is 0 Å². The van der Waals surface area contributed by atoms with Crippen LogP contribution >= 0.6 is 0 Å². The maximum atomic E-state index is 12.8. The SMILES string of the molecule is O=C1c2cnc(Oc3ccccc3)cc2-c2cnc(C(F)(F)F)nc21. The van der Waals surface area contributed by atoms with Crippen molar-refractivity contribution in [3.63, 3.8) is 0 Å². The van der Waals surface area contributed by atoms with E-state index in [1.165, 1.54) is 12.3 Å². The maximum Gasteiger partial charge on any atom is 0.451 e. The van der Waals surface area contributed by atoms with Crippen LogP contribution in [0, 0.1) is 0 Å². The number of fused-ring (bicyclic) bond motifs is 3. The minimum atomic E-state index is -4.72. The van der Waals surface area contributed by atoms with Gasteiger partial charge in [-0.1, -0.05) is 18.2 Å². The lowest BCUT2D eigenvalue weighted by Crippen LogP contribution is -2.13. The second kappa shape index (κ2) is 5.37. The number of carbonyl (C=O) groups is 1. The van der Waals surface area contributed by atoms with Gasteiger partial charge in [-0.2, -0.15) is 13.2 Å². The Hall–Kier alpha value is -3.29. The molecule has 2 heterocycles. The molecule has 0 fully saturated rings. The number of halogens is 3. The number of aromatic nitrogens is 3. The monoisotopic (exact) mass is 343 g/mol. The van der Waals surface area contributed by atoms with E-state index >= 15 is 0 Å². The summed E-state index contributed by atoms with van der Waals surface area (Å²) in [5, 5.41) is 0. The Labute approximate surface area is 139 Å². The van der Waals surface area contributed by atoms with Crippen molar-refractivity contribution in [2.24, 2.45) is 0 Å². The topological polar surface area (TPSA) is 65.0 Å².